The molecular formula is C18H23N3O2S. The number of rotatable bonds is 5. The number of piperidine rings is 1. The fraction of sp³-hybridized carbons (Fsp3) is 0.444. The van der Waals surface area contributed by atoms with E-state index >= 15 is 0 Å². The standard InChI is InChI=1S/C18H23N3O2S/c1-3-23-14-6-4-13(5-7-14)18-21-16(11-24-18)17(22)20-15-10-19-9-8-12(15)2/h4-7,11-12,15,19H,3,8-10H2,1-2H3,(H,20,22). The largest absolute Gasteiger partial charge is 0.494 e. The quantitative estimate of drug-likeness (QED) is 0.875. The number of hydrogen-bond donors (Lipinski definition) is 2. The maximum atomic E-state index is 12.4. The Hall–Kier alpha value is -1.92. The lowest BCUT2D eigenvalue weighted by molar-refractivity contribution is 0.0911. The van der Waals surface area contributed by atoms with E-state index in [1.54, 1.807) is 0 Å². The van der Waals surface area contributed by atoms with Crippen LogP contribution >= 0.6 is 11.3 Å². The van der Waals surface area contributed by atoms with Crippen molar-refractivity contribution in [1.29, 1.82) is 0 Å². The van der Waals surface area contributed by atoms with Gasteiger partial charge < -0.3 is 15.4 Å². The van der Waals surface area contributed by atoms with E-state index in [9.17, 15) is 4.79 Å². The SMILES string of the molecule is CCOc1ccc(-c2nc(C(=O)NC3CNCCC3C)cs2)cc1. The van der Waals surface area contributed by atoms with Crippen molar-refractivity contribution >= 4 is 17.2 Å². The van der Waals surface area contributed by atoms with Gasteiger partial charge in [0.2, 0.25) is 0 Å². The molecule has 2 heterocycles. The number of hydrogen-bond acceptors (Lipinski definition) is 5. The Bertz CT molecular complexity index is 684. The van der Waals surface area contributed by atoms with Crippen molar-refractivity contribution in [3.63, 3.8) is 0 Å². The predicted molar refractivity (Wildman–Crippen MR) is 96.6 cm³/mol. The predicted octanol–water partition coefficient (Wildman–Crippen LogP) is 2.94. The molecule has 1 aromatic carbocycles. The van der Waals surface area contributed by atoms with Crippen LogP contribution in [-0.4, -0.2) is 36.6 Å². The van der Waals surface area contributed by atoms with E-state index in [0.717, 1.165) is 35.8 Å². The second-order valence-corrected chi connectivity index (χ2v) is 6.90. The first kappa shape index (κ1) is 16.9. The maximum Gasteiger partial charge on any atom is 0.271 e. The molecule has 1 fully saturated rings. The third kappa shape index (κ3) is 3.94. The molecule has 2 aromatic rings. The van der Waals surface area contributed by atoms with E-state index in [1.807, 2.05) is 36.6 Å². The van der Waals surface area contributed by atoms with Crippen molar-refractivity contribution in [1.82, 2.24) is 15.6 Å². The van der Waals surface area contributed by atoms with Crippen molar-refractivity contribution in [2.45, 2.75) is 26.3 Å². The van der Waals surface area contributed by atoms with Crippen LogP contribution in [-0.2, 0) is 0 Å². The molecule has 24 heavy (non-hydrogen) atoms. The molecule has 1 aliphatic rings. The number of amides is 1. The summed E-state index contributed by atoms with van der Waals surface area (Å²) in [6.07, 6.45) is 1.08. The zero-order chi connectivity index (χ0) is 16.9. The van der Waals surface area contributed by atoms with E-state index in [2.05, 4.69) is 22.5 Å². The van der Waals surface area contributed by atoms with E-state index in [0.29, 0.717) is 18.2 Å². The highest BCUT2D eigenvalue weighted by Crippen LogP contribution is 2.26. The lowest BCUT2D eigenvalue weighted by Crippen LogP contribution is -2.50. The highest BCUT2D eigenvalue weighted by Gasteiger charge is 2.24. The van der Waals surface area contributed by atoms with Crippen LogP contribution in [0.15, 0.2) is 29.6 Å². The molecule has 0 aliphatic carbocycles. The first-order chi connectivity index (χ1) is 11.7. The lowest BCUT2D eigenvalue weighted by Gasteiger charge is -2.29. The van der Waals surface area contributed by atoms with E-state index in [1.165, 1.54) is 11.3 Å². The summed E-state index contributed by atoms with van der Waals surface area (Å²) < 4.78 is 5.45. The average Bonchev–Trinajstić information content (AvgIpc) is 3.08. The zero-order valence-electron chi connectivity index (χ0n) is 14.0. The van der Waals surface area contributed by atoms with Crippen molar-refractivity contribution in [2.75, 3.05) is 19.7 Å². The number of thiazole rings is 1. The van der Waals surface area contributed by atoms with Gasteiger partial charge in [-0.3, -0.25) is 4.79 Å². The van der Waals surface area contributed by atoms with Gasteiger partial charge in [-0.1, -0.05) is 6.92 Å². The van der Waals surface area contributed by atoms with Gasteiger partial charge in [0.15, 0.2) is 0 Å². The molecule has 0 spiro atoms. The van der Waals surface area contributed by atoms with Crippen LogP contribution in [0.1, 0.15) is 30.8 Å². The normalized spacial score (nSPS) is 20.6. The van der Waals surface area contributed by atoms with E-state index < -0.39 is 0 Å². The van der Waals surface area contributed by atoms with Gasteiger partial charge in [-0.25, -0.2) is 4.98 Å². The second kappa shape index (κ2) is 7.77. The zero-order valence-corrected chi connectivity index (χ0v) is 14.9. The lowest BCUT2D eigenvalue weighted by atomic mass is 9.95. The summed E-state index contributed by atoms with van der Waals surface area (Å²) in [7, 11) is 0. The van der Waals surface area contributed by atoms with E-state index in [-0.39, 0.29) is 11.9 Å². The molecular weight excluding hydrogens is 322 g/mol. The highest BCUT2D eigenvalue weighted by atomic mass is 32.1. The number of carbonyl (C=O) groups is 1. The van der Waals surface area contributed by atoms with Crippen LogP contribution in [0.5, 0.6) is 5.75 Å². The first-order valence-corrected chi connectivity index (χ1v) is 9.25. The minimum absolute atomic E-state index is 0.0935. The molecule has 1 aromatic heterocycles. The molecule has 6 heteroatoms. The van der Waals surface area contributed by atoms with Crippen LogP contribution in [0.25, 0.3) is 10.6 Å². The van der Waals surface area contributed by atoms with Crippen LogP contribution in [0.2, 0.25) is 0 Å². The van der Waals surface area contributed by atoms with Crippen molar-refractivity contribution in [2.24, 2.45) is 5.92 Å². The smallest absolute Gasteiger partial charge is 0.271 e. The van der Waals surface area contributed by atoms with Gasteiger partial charge in [0.25, 0.3) is 5.91 Å². The highest BCUT2D eigenvalue weighted by molar-refractivity contribution is 7.13. The number of aromatic nitrogens is 1. The summed E-state index contributed by atoms with van der Waals surface area (Å²) in [5.74, 6) is 1.23. The first-order valence-electron chi connectivity index (χ1n) is 8.37. The summed E-state index contributed by atoms with van der Waals surface area (Å²) in [4.78, 5) is 16.9. The Morgan fingerprint density at radius 3 is 2.92 bits per heavy atom. The molecule has 0 bridgehead atoms. The van der Waals surface area contributed by atoms with Crippen LogP contribution in [0.4, 0.5) is 0 Å². The molecule has 5 nitrogen and oxygen atoms in total. The Kier molecular flexibility index (Phi) is 5.48. The summed E-state index contributed by atoms with van der Waals surface area (Å²) >= 11 is 1.48. The van der Waals surface area contributed by atoms with Crippen LogP contribution < -0.4 is 15.4 Å². The minimum atomic E-state index is -0.0935. The van der Waals surface area contributed by atoms with Gasteiger partial charge in [0.05, 0.1) is 6.61 Å². The van der Waals surface area contributed by atoms with Gasteiger partial charge in [0.1, 0.15) is 16.5 Å². The third-order valence-corrected chi connectivity index (χ3v) is 5.18. The number of nitrogens with one attached hydrogen (secondary N) is 2. The summed E-state index contributed by atoms with van der Waals surface area (Å²) in [6.45, 7) is 6.63. The van der Waals surface area contributed by atoms with Gasteiger partial charge in [-0.2, -0.15) is 0 Å². The van der Waals surface area contributed by atoms with Crippen LogP contribution in [0, 0.1) is 5.92 Å². The minimum Gasteiger partial charge on any atom is -0.494 e. The molecule has 2 N–H and O–H groups in total. The number of nitrogens with zero attached hydrogens (tertiary/aromatic N) is 1. The Morgan fingerprint density at radius 2 is 2.21 bits per heavy atom. The Labute approximate surface area is 146 Å². The number of ether oxygens (including phenoxy) is 1. The average molecular weight is 345 g/mol. The van der Waals surface area contributed by atoms with Crippen molar-refractivity contribution in [3.05, 3.63) is 35.3 Å². The van der Waals surface area contributed by atoms with Crippen molar-refractivity contribution < 1.29 is 9.53 Å². The number of carbonyl (C=O) groups excluding carboxylic acids is 1. The van der Waals surface area contributed by atoms with E-state index in [4.69, 9.17) is 4.74 Å². The molecule has 128 valence electrons. The molecule has 1 aliphatic heterocycles. The van der Waals surface area contributed by atoms with Crippen LogP contribution in [0.3, 0.4) is 0 Å². The molecule has 1 amide bonds. The fourth-order valence-corrected chi connectivity index (χ4v) is 3.60. The van der Waals surface area contributed by atoms with Crippen molar-refractivity contribution in [3.8, 4) is 16.3 Å². The summed E-state index contributed by atoms with van der Waals surface area (Å²) in [5, 5.41) is 9.09. The molecule has 2 unspecified atom stereocenters. The molecule has 1 saturated heterocycles. The Balaban J connectivity index is 1.67. The fourth-order valence-electron chi connectivity index (χ4n) is 2.80. The molecule has 0 radical (unpaired) electrons. The van der Waals surface area contributed by atoms with Gasteiger partial charge in [-0.05, 0) is 50.1 Å². The molecule has 0 saturated carbocycles. The third-order valence-electron chi connectivity index (χ3n) is 4.29. The molecule has 3 rings (SSSR count). The van der Waals surface area contributed by atoms with Gasteiger partial charge >= 0.3 is 0 Å². The van der Waals surface area contributed by atoms with Gasteiger partial charge in [0, 0.05) is 23.5 Å². The summed E-state index contributed by atoms with van der Waals surface area (Å²) in [6, 6.07) is 7.96. The Morgan fingerprint density at radius 1 is 1.42 bits per heavy atom. The second-order valence-electron chi connectivity index (χ2n) is 6.05. The summed E-state index contributed by atoms with van der Waals surface area (Å²) in [5.41, 5.74) is 1.48. The monoisotopic (exact) mass is 345 g/mol. The number of benzene rings is 1. The van der Waals surface area contributed by atoms with Gasteiger partial charge in [-0.15, -0.1) is 11.3 Å². The maximum absolute atomic E-state index is 12.4. The molecule has 2 atom stereocenters. The topological polar surface area (TPSA) is 63.2 Å².